The van der Waals surface area contributed by atoms with Gasteiger partial charge in [-0.2, -0.15) is 5.10 Å². The number of carbonyl (C=O) groups is 1. The molecule has 21 heavy (non-hydrogen) atoms. The minimum absolute atomic E-state index is 0.0119. The van der Waals surface area contributed by atoms with E-state index in [0.29, 0.717) is 24.1 Å². The van der Waals surface area contributed by atoms with Crippen molar-refractivity contribution in [2.24, 2.45) is 5.73 Å². The third kappa shape index (κ3) is 2.91. The molecule has 0 radical (unpaired) electrons. The molecular formula is C14H15ClN4O2. The lowest BCUT2D eigenvalue weighted by atomic mass is 10.1. The highest BCUT2D eigenvalue weighted by molar-refractivity contribution is 6.32. The molecule has 2 N–H and O–H groups in total. The minimum atomic E-state index is -0.458. The van der Waals surface area contributed by atoms with Gasteiger partial charge in [-0.3, -0.25) is 4.79 Å². The van der Waals surface area contributed by atoms with E-state index in [1.165, 1.54) is 0 Å². The second kappa shape index (κ2) is 5.83. The standard InChI is InChI=1S/C14H15ClN4O2/c15-10-3-1-2-4-11(10)19-14(9-5-6-21-8-9)17-13(18-19)7-12(16)20/h1-4,9H,5-8H2,(H2,16,20). The van der Waals surface area contributed by atoms with Crippen molar-refractivity contribution in [1.29, 1.82) is 0 Å². The van der Waals surface area contributed by atoms with Crippen LogP contribution in [0.4, 0.5) is 0 Å². The molecule has 0 aliphatic carbocycles. The molecule has 110 valence electrons. The van der Waals surface area contributed by atoms with Gasteiger partial charge in [0.1, 0.15) is 5.82 Å². The second-order valence-corrected chi connectivity index (χ2v) is 5.36. The highest BCUT2D eigenvalue weighted by Crippen LogP contribution is 2.28. The van der Waals surface area contributed by atoms with Crippen LogP contribution >= 0.6 is 11.6 Å². The molecule has 6 nitrogen and oxygen atoms in total. The number of ether oxygens (including phenoxy) is 1. The summed E-state index contributed by atoms with van der Waals surface area (Å²) in [5.74, 6) is 0.858. The molecule has 7 heteroatoms. The number of nitrogens with zero attached hydrogens (tertiary/aromatic N) is 3. The maximum Gasteiger partial charge on any atom is 0.225 e. The predicted octanol–water partition coefficient (Wildman–Crippen LogP) is 1.45. The first-order valence-corrected chi connectivity index (χ1v) is 7.09. The molecule has 2 aromatic rings. The van der Waals surface area contributed by atoms with Gasteiger partial charge in [0, 0.05) is 12.5 Å². The number of halogens is 1. The van der Waals surface area contributed by atoms with E-state index in [0.717, 1.165) is 17.9 Å². The third-order valence-electron chi connectivity index (χ3n) is 3.38. The van der Waals surface area contributed by atoms with Crippen LogP contribution in [0.5, 0.6) is 0 Å². The van der Waals surface area contributed by atoms with E-state index in [2.05, 4.69) is 10.1 Å². The van der Waals surface area contributed by atoms with Gasteiger partial charge in [0.2, 0.25) is 5.91 Å². The van der Waals surface area contributed by atoms with Crippen LogP contribution < -0.4 is 5.73 Å². The monoisotopic (exact) mass is 306 g/mol. The van der Waals surface area contributed by atoms with E-state index in [-0.39, 0.29) is 12.3 Å². The lowest BCUT2D eigenvalue weighted by Gasteiger charge is -2.10. The largest absolute Gasteiger partial charge is 0.381 e. The summed E-state index contributed by atoms with van der Waals surface area (Å²) in [5, 5.41) is 4.97. The molecule has 1 saturated heterocycles. The van der Waals surface area contributed by atoms with E-state index in [4.69, 9.17) is 22.1 Å². The Morgan fingerprint density at radius 2 is 2.29 bits per heavy atom. The van der Waals surface area contributed by atoms with E-state index in [9.17, 15) is 4.79 Å². The van der Waals surface area contributed by atoms with Crippen molar-refractivity contribution in [2.75, 3.05) is 13.2 Å². The first-order chi connectivity index (χ1) is 10.1. The van der Waals surface area contributed by atoms with E-state index < -0.39 is 5.91 Å². The molecular weight excluding hydrogens is 292 g/mol. The van der Waals surface area contributed by atoms with Crippen LogP contribution in [0, 0.1) is 0 Å². The molecule has 1 aromatic carbocycles. The lowest BCUT2D eigenvalue weighted by molar-refractivity contribution is -0.117. The van der Waals surface area contributed by atoms with Crippen molar-refractivity contribution < 1.29 is 9.53 Å². The first-order valence-electron chi connectivity index (χ1n) is 6.72. The Morgan fingerprint density at radius 3 is 2.95 bits per heavy atom. The molecule has 2 heterocycles. The number of carbonyl (C=O) groups excluding carboxylic acids is 1. The van der Waals surface area contributed by atoms with Gasteiger partial charge in [0.25, 0.3) is 0 Å². The highest BCUT2D eigenvalue weighted by atomic mass is 35.5. The maximum atomic E-state index is 11.1. The van der Waals surface area contributed by atoms with E-state index in [1.54, 1.807) is 10.7 Å². The molecule has 1 aliphatic heterocycles. The smallest absolute Gasteiger partial charge is 0.225 e. The molecule has 0 saturated carbocycles. The number of hydrogen-bond acceptors (Lipinski definition) is 4. The molecule has 1 aromatic heterocycles. The van der Waals surface area contributed by atoms with Gasteiger partial charge in [-0.05, 0) is 18.6 Å². The number of rotatable bonds is 4. The van der Waals surface area contributed by atoms with Gasteiger partial charge >= 0.3 is 0 Å². The number of aromatic nitrogens is 3. The molecule has 1 fully saturated rings. The number of benzene rings is 1. The van der Waals surface area contributed by atoms with Crippen molar-refractivity contribution >= 4 is 17.5 Å². The molecule has 1 amide bonds. The van der Waals surface area contributed by atoms with Crippen molar-refractivity contribution in [3.05, 3.63) is 40.9 Å². The minimum Gasteiger partial charge on any atom is -0.381 e. The molecule has 1 aliphatic rings. The normalized spacial score (nSPS) is 18.0. The third-order valence-corrected chi connectivity index (χ3v) is 3.70. The van der Waals surface area contributed by atoms with Gasteiger partial charge in [0.05, 0.1) is 23.7 Å². The number of hydrogen-bond donors (Lipinski definition) is 1. The zero-order valence-corrected chi connectivity index (χ0v) is 12.1. The zero-order chi connectivity index (χ0) is 14.8. The van der Waals surface area contributed by atoms with Gasteiger partial charge < -0.3 is 10.5 Å². The summed E-state index contributed by atoms with van der Waals surface area (Å²) < 4.78 is 7.11. The fraction of sp³-hybridized carbons (Fsp3) is 0.357. The molecule has 0 spiro atoms. The lowest BCUT2D eigenvalue weighted by Crippen LogP contribution is -2.14. The van der Waals surface area contributed by atoms with Crippen molar-refractivity contribution in [3.63, 3.8) is 0 Å². The van der Waals surface area contributed by atoms with Crippen LogP contribution in [-0.4, -0.2) is 33.9 Å². The molecule has 1 unspecified atom stereocenters. The Hall–Kier alpha value is -1.92. The summed E-state index contributed by atoms with van der Waals surface area (Å²) >= 11 is 6.24. The first kappa shape index (κ1) is 14.0. The molecule has 1 atom stereocenters. The van der Waals surface area contributed by atoms with Crippen molar-refractivity contribution in [1.82, 2.24) is 14.8 Å². The number of nitrogens with two attached hydrogens (primary N) is 1. The predicted molar refractivity (Wildman–Crippen MR) is 77.4 cm³/mol. The zero-order valence-electron chi connectivity index (χ0n) is 11.3. The molecule has 0 bridgehead atoms. The highest BCUT2D eigenvalue weighted by Gasteiger charge is 2.26. The second-order valence-electron chi connectivity index (χ2n) is 4.95. The number of primary amides is 1. The average Bonchev–Trinajstić information content (AvgIpc) is 3.07. The Labute approximate surface area is 126 Å². The summed E-state index contributed by atoms with van der Waals surface area (Å²) in [5.41, 5.74) is 5.97. The molecule has 3 rings (SSSR count). The van der Waals surface area contributed by atoms with Crippen LogP contribution in [0.2, 0.25) is 5.02 Å². The Bertz CT molecular complexity index is 665. The quantitative estimate of drug-likeness (QED) is 0.927. The van der Waals surface area contributed by atoms with Crippen LogP contribution in [0.25, 0.3) is 5.69 Å². The van der Waals surface area contributed by atoms with Crippen LogP contribution in [0.15, 0.2) is 24.3 Å². The van der Waals surface area contributed by atoms with Crippen LogP contribution in [0.3, 0.4) is 0 Å². The Kier molecular flexibility index (Phi) is 3.90. The fourth-order valence-electron chi connectivity index (χ4n) is 2.40. The summed E-state index contributed by atoms with van der Waals surface area (Å²) in [6.07, 6.45) is 0.886. The maximum absolute atomic E-state index is 11.1. The number of amides is 1. The van der Waals surface area contributed by atoms with E-state index >= 15 is 0 Å². The average molecular weight is 307 g/mol. The summed E-state index contributed by atoms with van der Waals surface area (Å²) in [7, 11) is 0. The van der Waals surface area contributed by atoms with Crippen LogP contribution in [0.1, 0.15) is 24.0 Å². The number of para-hydroxylation sites is 1. The summed E-state index contributed by atoms with van der Waals surface area (Å²) in [4.78, 5) is 15.6. The van der Waals surface area contributed by atoms with Crippen LogP contribution in [-0.2, 0) is 16.0 Å². The van der Waals surface area contributed by atoms with Crippen molar-refractivity contribution in [3.8, 4) is 5.69 Å². The summed E-state index contributed by atoms with van der Waals surface area (Å²) in [6, 6.07) is 7.39. The van der Waals surface area contributed by atoms with Gasteiger partial charge in [-0.25, -0.2) is 9.67 Å². The fourth-order valence-corrected chi connectivity index (χ4v) is 2.62. The summed E-state index contributed by atoms with van der Waals surface area (Å²) in [6.45, 7) is 1.30. The van der Waals surface area contributed by atoms with Gasteiger partial charge in [-0.1, -0.05) is 23.7 Å². The van der Waals surface area contributed by atoms with Gasteiger partial charge in [0.15, 0.2) is 5.82 Å². The van der Waals surface area contributed by atoms with E-state index in [1.807, 2.05) is 18.2 Å². The van der Waals surface area contributed by atoms with Gasteiger partial charge in [-0.15, -0.1) is 0 Å². The SMILES string of the molecule is NC(=O)Cc1nc(C2CCOC2)n(-c2ccccc2Cl)n1. The Balaban J connectivity index is 2.06. The van der Waals surface area contributed by atoms with Crippen molar-refractivity contribution in [2.45, 2.75) is 18.8 Å². The topological polar surface area (TPSA) is 83.0 Å². The Morgan fingerprint density at radius 1 is 1.48 bits per heavy atom.